The number of hydrogen-bond donors (Lipinski definition) is 1. The Bertz CT molecular complexity index is 1290. The van der Waals surface area contributed by atoms with Crippen LogP contribution in [0.5, 0.6) is 0 Å². The third kappa shape index (κ3) is 4.53. The SMILES string of the molecule is CC(C)(C)NC(=O)C(c1ccccc1)N1C(=O)/C(=C(/c2ccccc2)N2CCCC2)c2ccccc21. The molecule has 2 aliphatic heterocycles. The number of likely N-dealkylation sites (tertiary alicyclic amines) is 1. The van der Waals surface area contributed by atoms with Crippen LogP contribution in [0.25, 0.3) is 11.3 Å². The van der Waals surface area contributed by atoms with Gasteiger partial charge in [0.15, 0.2) is 0 Å². The smallest absolute Gasteiger partial charge is 0.262 e. The summed E-state index contributed by atoms with van der Waals surface area (Å²) in [5.74, 6) is -0.333. The van der Waals surface area contributed by atoms with E-state index in [1.807, 2.05) is 93.6 Å². The lowest BCUT2D eigenvalue weighted by Crippen LogP contribution is -2.48. The van der Waals surface area contributed by atoms with E-state index in [0.717, 1.165) is 54.0 Å². The number of carbonyl (C=O) groups excluding carboxylic acids is 2. The molecule has 0 bridgehead atoms. The van der Waals surface area contributed by atoms with E-state index < -0.39 is 11.6 Å². The van der Waals surface area contributed by atoms with E-state index in [1.54, 1.807) is 4.90 Å². The van der Waals surface area contributed by atoms with Gasteiger partial charge in [0.05, 0.1) is 17.0 Å². The average Bonchev–Trinajstić information content (AvgIpc) is 3.48. The molecule has 36 heavy (non-hydrogen) atoms. The molecule has 2 heterocycles. The molecule has 0 spiro atoms. The first-order valence-corrected chi connectivity index (χ1v) is 12.7. The minimum atomic E-state index is -0.785. The summed E-state index contributed by atoms with van der Waals surface area (Å²) in [6, 6.07) is 26.8. The summed E-state index contributed by atoms with van der Waals surface area (Å²) in [6.07, 6.45) is 2.20. The molecule has 5 nitrogen and oxygen atoms in total. The van der Waals surface area contributed by atoms with Gasteiger partial charge in [-0.25, -0.2) is 0 Å². The largest absolute Gasteiger partial charge is 0.370 e. The highest BCUT2D eigenvalue weighted by atomic mass is 16.2. The minimum Gasteiger partial charge on any atom is -0.370 e. The molecule has 3 aromatic carbocycles. The zero-order chi connectivity index (χ0) is 25.3. The number of hydrogen-bond acceptors (Lipinski definition) is 3. The Morgan fingerprint density at radius 2 is 1.42 bits per heavy atom. The number of benzene rings is 3. The van der Waals surface area contributed by atoms with Gasteiger partial charge in [0.25, 0.3) is 5.91 Å². The van der Waals surface area contributed by atoms with Crippen LogP contribution in [0.1, 0.15) is 56.3 Å². The Labute approximate surface area is 213 Å². The normalized spacial score (nSPS) is 17.7. The maximum Gasteiger partial charge on any atom is 0.262 e. The quantitative estimate of drug-likeness (QED) is 0.481. The monoisotopic (exact) mass is 479 g/mol. The fourth-order valence-electron chi connectivity index (χ4n) is 5.24. The molecule has 0 aliphatic carbocycles. The second-order valence-electron chi connectivity index (χ2n) is 10.5. The van der Waals surface area contributed by atoms with Crippen molar-refractivity contribution in [1.29, 1.82) is 0 Å². The lowest BCUT2D eigenvalue weighted by atomic mass is 9.99. The minimum absolute atomic E-state index is 0.139. The van der Waals surface area contributed by atoms with E-state index in [4.69, 9.17) is 0 Å². The fraction of sp³-hybridized carbons (Fsp3) is 0.290. The summed E-state index contributed by atoms with van der Waals surface area (Å²) in [4.78, 5) is 32.3. The van der Waals surface area contributed by atoms with E-state index in [2.05, 4.69) is 22.3 Å². The lowest BCUT2D eigenvalue weighted by Gasteiger charge is -2.31. The van der Waals surface area contributed by atoms with Crippen molar-refractivity contribution >= 4 is 28.8 Å². The number of amides is 2. The number of fused-ring (bicyclic) bond motifs is 1. The first-order chi connectivity index (χ1) is 17.3. The van der Waals surface area contributed by atoms with Crippen molar-refractivity contribution in [1.82, 2.24) is 10.2 Å². The number of nitrogens with one attached hydrogen (secondary N) is 1. The van der Waals surface area contributed by atoms with Crippen LogP contribution >= 0.6 is 0 Å². The van der Waals surface area contributed by atoms with Crippen LogP contribution in [0, 0.1) is 0 Å². The molecule has 5 heteroatoms. The molecule has 0 aromatic heterocycles. The van der Waals surface area contributed by atoms with Crippen LogP contribution in [-0.4, -0.2) is 35.3 Å². The lowest BCUT2D eigenvalue weighted by molar-refractivity contribution is -0.126. The molecule has 184 valence electrons. The first-order valence-electron chi connectivity index (χ1n) is 12.7. The molecular weight excluding hydrogens is 446 g/mol. The van der Waals surface area contributed by atoms with Gasteiger partial charge >= 0.3 is 0 Å². The zero-order valence-electron chi connectivity index (χ0n) is 21.2. The van der Waals surface area contributed by atoms with E-state index in [1.165, 1.54) is 0 Å². The summed E-state index contributed by atoms with van der Waals surface area (Å²) < 4.78 is 0. The average molecular weight is 480 g/mol. The number of rotatable bonds is 5. The van der Waals surface area contributed by atoms with Crippen LogP contribution in [0.2, 0.25) is 0 Å². The summed E-state index contributed by atoms with van der Waals surface area (Å²) in [7, 11) is 0. The number of anilines is 1. The van der Waals surface area contributed by atoms with Gasteiger partial charge in [-0.1, -0.05) is 78.9 Å². The predicted octanol–water partition coefficient (Wildman–Crippen LogP) is 5.65. The second kappa shape index (κ2) is 9.65. The van der Waals surface area contributed by atoms with E-state index >= 15 is 0 Å². The standard InChI is InChI=1S/C31H33N3O2/c1-31(2,3)32-29(35)28(23-16-8-5-9-17-23)34-25-19-11-10-18-24(25)26(30(34)36)27(33-20-12-13-21-33)22-14-6-4-7-15-22/h4-11,14-19,28H,12-13,20-21H2,1-3H3,(H,32,35)/b27-26-. The number of nitrogens with zero attached hydrogens (tertiary/aromatic N) is 2. The Morgan fingerprint density at radius 1 is 0.833 bits per heavy atom. The highest BCUT2D eigenvalue weighted by Crippen LogP contribution is 2.46. The Kier molecular flexibility index (Phi) is 6.40. The highest BCUT2D eigenvalue weighted by Gasteiger charge is 2.43. The Balaban J connectivity index is 1.72. The molecule has 1 atom stereocenters. The van der Waals surface area contributed by atoms with E-state index in [9.17, 15) is 9.59 Å². The van der Waals surface area contributed by atoms with Crippen LogP contribution in [-0.2, 0) is 9.59 Å². The van der Waals surface area contributed by atoms with Crippen molar-refractivity contribution in [2.75, 3.05) is 18.0 Å². The van der Waals surface area contributed by atoms with Gasteiger partial charge in [-0.2, -0.15) is 0 Å². The van der Waals surface area contributed by atoms with Crippen molar-refractivity contribution in [3.63, 3.8) is 0 Å². The molecule has 0 saturated carbocycles. The maximum absolute atomic E-state index is 14.5. The van der Waals surface area contributed by atoms with Gasteiger partial charge in [-0.05, 0) is 50.8 Å². The number of carbonyl (C=O) groups is 2. The third-order valence-corrected chi connectivity index (χ3v) is 6.69. The maximum atomic E-state index is 14.5. The topological polar surface area (TPSA) is 52.7 Å². The van der Waals surface area contributed by atoms with Gasteiger partial charge < -0.3 is 10.2 Å². The van der Waals surface area contributed by atoms with Crippen molar-refractivity contribution < 1.29 is 9.59 Å². The Morgan fingerprint density at radius 3 is 2.06 bits per heavy atom. The second-order valence-corrected chi connectivity index (χ2v) is 10.5. The van der Waals surface area contributed by atoms with E-state index in [0.29, 0.717) is 5.57 Å². The van der Waals surface area contributed by atoms with Crippen LogP contribution in [0.4, 0.5) is 5.69 Å². The summed E-state index contributed by atoms with van der Waals surface area (Å²) >= 11 is 0. The summed E-state index contributed by atoms with van der Waals surface area (Å²) in [6.45, 7) is 7.70. The van der Waals surface area contributed by atoms with Crippen LogP contribution in [0.3, 0.4) is 0 Å². The highest BCUT2D eigenvalue weighted by molar-refractivity contribution is 6.38. The van der Waals surface area contributed by atoms with Crippen LogP contribution in [0.15, 0.2) is 84.9 Å². The van der Waals surface area contributed by atoms with Crippen molar-refractivity contribution in [2.24, 2.45) is 0 Å². The molecule has 1 fully saturated rings. The van der Waals surface area contributed by atoms with Crippen LogP contribution < -0.4 is 10.2 Å². The van der Waals surface area contributed by atoms with Gasteiger partial charge in [0, 0.05) is 24.2 Å². The molecule has 1 unspecified atom stereocenters. The van der Waals surface area contributed by atoms with Gasteiger partial charge in [0.1, 0.15) is 6.04 Å². The molecule has 2 aliphatic rings. The fourth-order valence-corrected chi connectivity index (χ4v) is 5.24. The van der Waals surface area contributed by atoms with E-state index in [-0.39, 0.29) is 11.8 Å². The molecule has 1 saturated heterocycles. The molecule has 1 N–H and O–H groups in total. The molecule has 5 rings (SSSR count). The van der Waals surface area contributed by atoms with Crippen molar-refractivity contribution in [2.45, 2.75) is 45.2 Å². The molecule has 2 amide bonds. The molecule has 3 aromatic rings. The molecular formula is C31H33N3O2. The summed E-state index contributed by atoms with van der Waals surface area (Å²) in [5, 5.41) is 3.12. The zero-order valence-corrected chi connectivity index (χ0v) is 21.2. The Hall–Kier alpha value is -3.86. The first kappa shape index (κ1) is 23.9. The van der Waals surface area contributed by atoms with Crippen molar-refractivity contribution in [3.05, 3.63) is 102 Å². The van der Waals surface area contributed by atoms with Gasteiger partial charge in [-0.3, -0.25) is 14.5 Å². The summed E-state index contributed by atoms with van der Waals surface area (Å²) in [5.41, 5.74) is 4.64. The third-order valence-electron chi connectivity index (χ3n) is 6.69. The molecule has 0 radical (unpaired) electrons. The van der Waals surface area contributed by atoms with Crippen molar-refractivity contribution in [3.8, 4) is 0 Å². The predicted molar refractivity (Wildman–Crippen MR) is 145 cm³/mol. The van der Waals surface area contributed by atoms with Gasteiger partial charge in [0.2, 0.25) is 5.91 Å². The van der Waals surface area contributed by atoms with Gasteiger partial charge in [-0.15, -0.1) is 0 Å². The number of para-hydroxylation sites is 1.